The summed E-state index contributed by atoms with van der Waals surface area (Å²) in [5.41, 5.74) is 9.75. The summed E-state index contributed by atoms with van der Waals surface area (Å²) in [5.74, 6) is 0.606. The van der Waals surface area contributed by atoms with Gasteiger partial charge in [-0.1, -0.05) is 12.1 Å². The number of nitrogens with zero attached hydrogens (tertiary/aromatic N) is 1. The Bertz CT molecular complexity index is 495. The molecule has 2 heterocycles. The number of hydrogen-bond donors (Lipinski definition) is 1. The van der Waals surface area contributed by atoms with Crippen LogP contribution in [0.4, 0.5) is 5.69 Å². The first-order valence-corrected chi connectivity index (χ1v) is 6.89. The summed E-state index contributed by atoms with van der Waals surface area (Å²) in [7, 11) is 1.84. The number of ether oxygens (including phenoxy) is 1. The number of hydrogen-bond acceptors (Lipinski definition) is 3. The standard InChI is InChI=1S/C15H20N2O2/c1-17-13-4-2-11(8-10(13)3-5-14(17)18)15(16)12-6-7-19-9-12/h2,4,8,12,15H,3,5-7,9,16H2,1H3. The smallest absolute Gasteiger partial charge is 0.227 e. The first kappa shape index (κ1) is 12.6. The maximum atomic E-state index is 11.7. The molecule has 1 amide bonds. The van der Waals surface area contributed by atoms with Gasteiger partial charge in [0.25, 0.3) is 0 Å². The molecule has 3 rings (SSSR count). The van der Waals surface area contributed by atoms with E-state index in [0.29, 0.717) is 12.3 Å². The van der Waals surface area contributed by atoms with Crippen LogP contribution in [0.3, 0.4) is 0 Å². The van der Waals surface area contributed by atoms with E-state index in [4.69, 9.17) is 10.5 Å². The highest BCUT2D eigenvalue weighted by atomic mass is 16.5. The Morgan fingerprint density at radius 2 is 2.26 bits per heavy atom. The van der Waals surface area contributed by atoms with Gasteiger partial charge in [0.1, 0.15) is 0 Å². The zero-order valence-corrected chi connectivity index (χ0v) is 11.3. The van der Waals surface area contributed by atoms with Gasteiger partial charge in [0.2, 0.25) is 5.91 Å². The van der Waals surface area contributed by atoms with Crippen molar-refractivity contribution in [2.75, 3.05) is 25.2 Å². The fraction of sp³-hybridized carbons (Fsp3) is 0.533. The van der Waals surface area contributed by atoms with Crippen molar-refractivity contribution in [1.29, 1.82) is 0 Å². The Morgan fingerprint density at radius 1 is 1.42 bits per heavy atom. The topological polar surface area (TPSA) is 55.6 Å². The Labute approximate surface area is 113 Å². The van der Waals surface area contributed by atoms with Crippen LogP contribution >= 0.6 is 0 Å². The number of nitrogens with two attached hydrogens (primary N) is 1. The lowest BCUT2D eigenvalue weighted by atomic mass is 9.90. The molecule has 1 aromatic rings. The third kappa shape index (κ3) is 2.26. The van der Waals surface area contributed by atoms with Crippen LogP contribution in [0.25, 0.3) is 0 Å². The van der Waals surface area contributed by atoms with Crippen molar-refractivity contribution in [3.05, 3.63) is 29.3 Å². The van der Waals surface area contributed by atoms with Crippen LogP contribution in [0.1, 0.15) is 30.0 Å². The van der Waals surface area contributed by atoms with Crippen molar-refractivity contribution in [3.8, 4) is 0 Å². The lowest BCUT2D eigenvalue weighted by Gasteiger charge is -2.27. The molecular weight excluding hydrogens is 240 g/mol. The number of carbonyl (C=O) groups is 1. The quantitative estimate of drug-likeness (QED) is 0.879. The summed E-state index contributed by atoms with van der Waals surface area (Å²) < 4.78 is 5.41. The second-order valence-electron chi connectivity index (χ2n) is 5.49. The third-order valence-corrected chi connectivity index (χ3v) is 4.30. The molecule has 0 aliphatic carbocycles. The van der Waals surface area contributed by atoms with Gasteiger partial charge in [-0.15, -0.1) is 0 Å². The highest BCUT2D eigenvalue weighted by Crippen LogP contribution is 2.32. The van der Waals surface area contributed by atoms with Gasteiger partial charge in [0.15, 0.2) is 0 Å². The number of fused-ring (bicyclic) bond motifs is 1. The second kappa shape index (κ2) is 4.94. The molecule has 0 radical (unpaired) electrons. The molecule has 0 bridgehead atoms. The van der Waals surface area contributed by atoms with Crippen LogP contribution in [0.5, 0.6) is 0 Å². The largest absolute Gasteiger partial charge is 0.381 e. The summed E-state index contributed by atoms with van der Waals surface area (Å²) in [6, 6.07) is 6.28. The minimum atomic E-state index is 0.0377. The van der Waals surface area contributed by atoms with Crippen molar-refractivity contribution in [1.82, 2.24) is 0 Å². The molecule has 2 aliphatic rings. The molecule has 2 unspecified atom stereocenters. The Balaban J connectivity index is 1.87. The normalized spacial score (nSPS) is 24.4. The van der Waals surface area contributed by atoms with E-state index in [1.165, 1.54) is 5.56 Å². The van der Waals surface area contributed by atoms with E-state index >= 15 is 0 Å². The lowest BCUT2D eigenvalue weighted by molar-refractivity contribution is -0.118. The monoisotopic (exact) mass is 260 g/mol. The van der Waals surface area contributed by atoms with Crippen molar-refractivity contribution in [2.45, 2.75) is 25.3 Å². The minimum absolute atomic E-state index is 0.0377. The molecule has 0 aromatic heterocycles. The maximum Gasteiger partial charge on any atom is 0.227 e. The van der Waals surface area contributed by atoms with Crippen molar-refractivity contribution >= 4 is 11.6 Å². The summed E-state index contributed by atoms with van der Waals surface area (Å²) in [6.45, 7) is 1.58. The Morgan fingerprint density at radius 3 is 3.00 bits per heavy atom. The van der Waals surface area contributed by atoms with Crippen LogP contribution in [0, 0.1) is 5.92 Å². The van der Waals surface area contributed by atoms with Crippen LogP contribution < -0.4 is 10.6 Å². The molecule has 1 aromatic carbocycles. The first-order chi connectivity index (χ1) is 9.16. The fourth-order valence-corrected chi connectivity index (χ4v) is 2.99. The zero-order valence-electron chi connectivity index (χ0n) is 11.3. The lowest BCUT2D eigenvalue weighted by Crippen LogP contribution is -2.31. The number of amides is 1. The SMILES string of the molecule is CN1C(=O)CCc2cc(C(N)C3CCOC3)ccc21. The highest BCUT2D eigenvalue weighted by molar-refractivity contribution is 5.95. The van der Waals surface area contributed by atoms with Crippen molar-refractivity contribution < 1.29 is 9.53 Å². The molecule has 102 valence electrons. The van der Waals surface area contributed by atoms with Crippen molar-refractivity contribution in [2.24, 2.45) is 11.7 Å². The number of anilines is 1. The van der Waals surface area contributed by atoms with Crippen molar-refractivity contribution in [3.63, 3.8) is 0 Å². The Kier molecular flexibility index (Phi) is 3.29. The predicted octanol–water partition coefficient (Wildman–Crippen LogP) is 1.63. The van der Waals surface area contributed by atoms with Crippen LogP contribution in [0.15, 0.2) is 18.2 Å². The molecule has 4 nitrogen and oxygen atoms in total. The molecule has 4 heteroatoms. The summed E-state index contributed by atoms with van der Waals surface area (Å²) >= 11 is 0. The zero-order chi connectivity index (χ0) is 13.4. The summed E-state index contributed by atoms with van der Waals surface area (Å²) in [6.07, 6.45) is 2.45. The molecular formula is C15H20N2O2. The van der Waals surface area contributed by atoms with Gasteiger partial charge in [-0.25, -0.2) is 0 Å². The molecule has 1 fully saturated rings. The van der Waals surface area contributed by atoms with E-state index in [2.05, 4.69) is 12.1 Å². The number of rotatable bonds is 2. The van der Waals surface area contributed by atoms with E-state index in [1.54, 1.807) is 4.90 Å². The van der Waals surface area contributed by atoms with E-state index in [-0.39, 0.29) is 11.9 Å². The average Bonchev–Trinajstić information content (AvgIpc) is 2.96. The van der Waals surface area contributed by atoms with Crippen LogP contribution in [-0.4, -0.2) is 26.2 Å². The minimum Gasteiger partial charge on any atom is -0.381 e. The first-order valence-electron chi connectivity index (χ1n) is 6.89. The number of carbonyl (C=O) groups excluding carboxylic acids is 1. The van der Waals surface area contributed by atoms with Gasteiger partial charge in [-0.3, -0.25) is 4.79 Å². The number of aryl methyl sites for hydroxylation is 1. The Hall–Kier alpha value is -1.39. The molecule has 2 atom stereocenters. The van der Waals surface area contributed by atoms with E-state index < -0.39 is 0 Å². The van der Waals surface area contributed by atoms with E-state index in [9.17, 15) is 4.79 Å². The molecule has 2 N–H and O–H groups in total. The van der Waals surface area contributed by atoms with Gasteiger partial charge in [-0.2, -0.15) is 0 Å². The van der Waals surface area contributed by atoms with Crippen LogP contribution in [0.2, 0.25) is 0 Å². The van der Waals surface area contributed by atoms with E-state index in [1.807, 2.05) is 13.1 Å². The van der Waals surface area contributed by atoms with Gasteiger partial charge in [-0.05, 0) is 30.0 Å². The molecule has 0 saturated carbocycles. The molecule has 1 saturated heterocycles. The van der Waals surface area contributed by atoms with Gasteiger partial charge < -0.3 is 15.4 Å². The molecule has 0 spiro atoms. The number of benzene rings is 1. The summed E-state index contributed by atoms with van der Waals surface area (Å²) in [5, 5.41) is 0. The van der Waals surface area contributed by atoms with Gasteiger partial charge in [0, 0.05) is 37.7 Å². The van der Waals surface area contributed by atoms with Crippen LogP contribution in [-0.2, 0) is 16.0 Å². The summed E-state index contributed by atoms with van der Waals surface area (Å²) in [4.78, 5) is 13.4. The fourth-order valence-electron chi connectivity index (χ4n) is 2.99. The third-order valence-electron chi connectivity index (χ3n) is 4.30. The average molecular weight is 260 g/mol. The highest BCUT2D eigenvalue weighted by Gasteiger charge is 2.26. The maximum absolute atomic E-state index is 11.7. The molecule has 2 aliphatic heterocycles. The molecule has 19 heavy (non-hydrogen) atoms. The second-order valence-corrected chi connectivity index (χ2v) is 5.49. The van der Waals surface area contributed by atoms with E-state index in [0.717, 1.165) is 37.3 Å². The predicted molar refractivity (Wildman–Crippen MR) is 74.0 cm³/mol. The van der Waals surface area contributed by atoms with Gasteiger partial charge in [0.05, 0.1) is 6.61 Å². The van der Waals surface area contributed by atoms with Gasteiger partial charge >= 0.3 is 0 Å².